The van der Waals surface area contributed by atoms with Gasteiger partial charge in [0.1, 0.15) is 0 Å². The molecule has 3 nitrogen and oxygen atoms in total. The number of rotatable bonds is 2. The molecule has 3 heteroatoms. The Labute approximate surface area is 67.3 Å². The van der Waals surface area contributed by atoms with Gasteiger partial charge in [-0.2, -0.15) is 0 Å². The Balaban J connectivity index is 2.64. The summed E-state index contributed by atoms with van der Waals surface area (Å²) < 4.78 is 0. The van der Waals surface area contributed by atoms with E-state index < -0.39 is 5.54 Å². The fourth-order valence-corrected chi connectivity index (χ4v) is 1.65. The molecular formula is C8H16N2O. The van der Waals surface area contributed by atoms with E-state index in [1.54, 1.807) is 0 Å². The summed E-state index contributed by atoms with van der Waals surface area (Å²) in [6.45, 7) is 2.93. The van der Waals surface area contributed by atoms with E-state index >= 15 is 0 Å². The van der Waals surface area contributed by atoms with Crippen LogP contribution in [0.15, 0.2) is 0 Å². The minimum atomic E-state index is -0.391. The molecule has 0 spiro atoms. The van der Waals surface area contributed by atoms with Gasteiger partial charge in [0, 0.05) is 0 Å². The average molecular weight is 156 g/mol. The third-order valence-corrected chi connectivity index (χ3v) is 2.57. The van der Waals surface area contributed by atoms with Crippen LogP contribution < -0.4 is 11.1 Å². The van der Waals surface area contributed by atoms with Crippen LogP contribution >= 0.6 is 0 Å². The van der Waals surface area contributed by atoms with Crippen LogP contribution in [0.5, 0.6) is 0 Å². The number of nitrogens with one attached hydrogen (secondary N) is 1. The minimum Gasteiger partial charge on any atom is -0.368 e. The molecular weight excluding hydrogens is 140 g/mol. The van der Waals surface area contributed by atoms with Gasteiger partial charge in [-0.3, -0.25) is 4.79 Å². The standard InChI is InChI=1S/C8H16N2O/c1-2-8(7(9)11)5-3-4-6-10-8/h10H,2-6H2,1H3,(H2,9,11). The monoisotopic (exact) mass is 156 g/mol. The molecule has 0 bridgehead atoms. The second-order valence-electron chi connectivity index (χ2n) is 3.18. The van der Waals surface area contributed by atoms with Crippen molar-refractivity contribution < 1.29 is 4.79 Å². The Morgan fingerprint density at radius 2 is 2.36 bits per heavy atom. The van der Waals surface area contributed by atoms with Crippen molar-refractivity contribution in [3.63, 3.8) is 0 Å². The van der Waals surface area contributed by atoms with Gasteiger partial charge in [0.05, 0.1) is 5.54 Å². The highest BCUT2D eigenvalue weighted by Gasteiger charge is 2.35. The molecule has 0 aromatic rings. The van der Waals surface area contributed by atoms with E-state index in [-0.39, 0.29) is 5.91 Å². The van der Waals surface area contributed by atoms with E-state index in [9.17, 15) is 4.79 Å². The highest BCUT2D eigenvalue weighted by Crippen LogP contribution is 2.21. The summed E-state index contributed by atoms with van der Waals surface area (Å²) >= 11 is 0. The van der Waals surface area contributed by atoms with Crippen LogP contribution in [0, 0.1) is 0 Å². The maximum atomic E-state index is 11.1. The van der Waals surface area contributed by atoms with Crippen LogP contribution in [0.4, 0.5) is 0 Å². The van der Waals surface area contributed by atoms with Crippen molar-refractivity contribution in [2.45, 2.75) is 38.1 Å². The molecule has 1 fully saturated rings. The van der Waals surface area contributed by atoms with Gasteiger partial charge in [-0.05, 0) is 32.2 Å². The molecule has 1 unspecified atom stereocenters. The summed E-state index contributed by atoms with van der Waals surface area (Å²) in [6, 6.07) is 0. The summed E-state index contributed by atoms with van der Waals surface area (Å²) in [5.74, 6) is -0.195. The van der Waals surface area contributed by atoms with Crippen molar-refractivity contribution in [1.29, 1.82) is 0 Å². The van der Waals surface area contributed by atoms with Crippen LogP contribution in [0.1, 0.15) is 32.6 Å². The second kappa shape index (κ2) is 3.22. The molecule has 1 aliphatic heterocycles. The first-order chi connectivity index (χ1) is 5.21. The highest BCUT2D eigenvalue weighted by molar-refractivity contribution is 5.84. The summed E-state index contributed by atoms with van der Waals surface area (Å²) in [4.78, 5) is 11.1. The molecule has 0 saturated carbocycles. The van der Waals surface area contributed by atoms with Crippen molar-refractivity contribution in [2.24, 2.45) is 5.73 Å². The first kappa shape index (κ1) is 8.53. The van der Waals surface area contributed by atoms with Gasteiger partial charge in [0.2, 0.25) is 5.91 Å². The number of hydrogen-bond donors (Lipinski definition) is 2. The first-order valence-electron chi connectivity index (χ1n) is 4.26. The van der Waals surface area contributed by atoms with Crippen molar-refractivity contribution in [3.8, 4) is 0 Å². The van der Waals surface area contributed by atoms with Gasteiger partial charge < -0.3 is 11.1 Å². The molecule has 1 rings (SSSR count). The Hall–Kier alpha value is -0.570. The largest absolute Gasteiger partial charge is 0.368 e. The molecule has 0 aromatic carbocycles. The molecule has 1 aliphatic rings. The van der Waals surface area contributed by atoms with Crippen LogP contribution in [0.2, 0.25) is 0 Å². The first-order valence-corrected chi connectivity index (χ1v) is 4.26. The normalized spacial score (nSPS) is 31.7. The topological polar surface area (TPSA) is 55.1 Å². The maximum absolute atomic E-state index is 11.1. The van der Waals surface area contributed by atoms with Gasteiger partial charge in [-0.1, -0.05) is 6.92 Å². The van der Waals surface area contributed by atoms with Crippen molar-refractivity contribution in [2.75, 3.05) is 6.54 Å². The lowest BCUT2D eigenvalue weighted by atomic mass is 9.86. The Kier molecular flexibility index (Phi) is 2.49. The summed E-state index contributed by atoms with van der Waals surface area (Å²) in [6.07, 6.45) is 3.99. The summed E-state index contributed by atoms with van der Waals surface area (Å²) in [7, 11) is 0. The van der Waals surface area contributed by atoms with E-state index in [4.69, 9.17) is 5.73 Å². The number of carbonyl (C=O) groups is 1. The fraction of sp³-hybridized carbons (Fsp3) is 0.875. The Bertz CT molecular complexity index is 150. The minimum absolute atomic E-state index is 0.195. The molecule has 1 atom stereocenters. The Morgan fingerprint density at radius 1 is 1.64 bits per heavy atom. The van der Waals surface area contributed by atoms with Crippen LogP contribution in [-0.2, 0) is 4.79 Å². The molecule has 1 saturated heterocycles. The smallest absolute Gasteiger partial charge is 0.237 e. The molecule has 1 heterocycles. The summed E-state index contributed by atoms with van der Waals surface area (Å²) in [5.41, 5.74) is 4.92. The molecule has 0 aromatic heterocycles. The number of carbonyl (C=O) groups excluding carboxylic acids is 1. The number of amides is 1. The predicted octanol–water partition coefficient (Wildman–Crippen LogP) is 0.394. The quantitative estimate of drug-likeness (QED) is 0.608. The molecule has 64 valence electrons. The van der Waals surface area contributed by atoms with E-state index in [1.807, 2.05) is 6.92 Å². The zero-order chi connectivity index (χ0) is 8.32. The predicted molar refractivity (Wildman–Crippen MR) is 44.1 cm³/mol. The zero-order valence-electron chi connectivity index (χ0n) is 7.02. The van der Waals surface area contributed by atoms with E-state index in [0.29, 0.717) is 0 Å². The van der Waals surface area contributed by atoms with Crippen molar-refractivity contribution >= 4 is 5.91 Å². The van der Waals surface area contributed by atoms with Gasteiger partial charge >= 0.3 is 0 Å². The van der Waals surface area contributed by atoms with E-state index in [0.717, 1.165) is 32.2 Å². The number of primary amides is 1. The number of nitrogens with two attached hydrogens (primary N) is 1. The van der Waals surface area contributed by atoms with Crippen LogP contribution in [0.3, 0.4) is 0 Å². The van der Waals surface area contributed by atoms with Gasteiger partial charge in [0.25, 0.3) is 0 Å². The molecule has 0 radical (unpaired) electrons. The lowest BCUT2D eigenvalue weighted by Crippen LogP contribution is -2.57. The van der Waals surface area contributed by atoms with E-state index in [1.165, 1.54) is 0 Å². The van der Waals surface area contributed by atoms with Crippen LogP contribution in [0.25, 0.3) is 0 Å². The maximum Gasteiger partial charge on any atom is 0.237 e. The van der Waals surface area contributed by atoms with Crippen LogP contribution in [-0.4, -0.2) is 18.0 Å². The van der Waals surface area contributed by atoms with E-state index in [2.05, 4.69) is 5.32 Å². The van der Waals surface area contributed by atoms with Gasteiger partial charge in [0.15, 0.2) is 0 Å². The van der Waals surface area contributed by atoms with Gasteiger partial charge in [-0.15, -0.1) is 0 Å². The molecule has 0 aliphatic carbocycles. The molecule has 1 amide bonds. The average Bonchev–Trinajstić information content (AvgIpc) is 2.05. The van der Waals surface area contributed by atoms with Crippen molar-refractivity contribution in [1.82, 2.24) is 5.32 Å². The lowest BCUT2D eigenvalue weighted by molar-refractivity contribution is -0.125. The van der Waals surface area contributed by atoms with Crippen molar-refractivity contribution in [3.05, 3.63) is 0 Å². The molecule has 3 N–H and O–H groups in total. The number of piperidine rings is 1. The fourth-order valence-electron chi connectivity index (χ4n) is 1.65. The number of hydrogen-bond acceptors (Lipinski definition) is 2. The third kappa shape index (κ3) is 1.53. The Morgan fingerprint density at radius 3 is 2.64 bits per heavy atom. The highest BCUT2D eigenvalue weighted by atomic mass is 16.1. The summed E-state index contributed by atoms with van der Waals surface area (Å²) in [5, 5.41) is 3.21. The third-order valence-electron chi connectivity index (χ3n) is 2.57. The molecule has 11 heavy (non-hydrogen) atoms. The SMILES string of the molecule is CCC1(C(N)=O)CCCCN1. The zero-order valence-corrected chi connectivity index (χ0v) is 7.02. The lowest BCUT2D eigenvalue weighted by Gasteiger charge is -2.34. The second-order valence-corrected chi connectivity index (χ2v) is 3.18. The van der Waals surface area contributed by atoms with Gasteiger partial charge in [-0.25, -0.2) is 0 Å².